The van der Waals surface area contributed by atoms with Crippen LogP contribution in [0.25, 0.3) is 0 Å². The summed E-state index contributed by atoms with van der Waals surface area (Å²) in [5.74, 6) is 0.805. The topological polar surface area (TPSA) is 41.6 Å². The zero-order valence-corrected chi connectivity index (χ0v) is 12.8. The van der Waals surface area contributed by atoms with Crippen LogP contribution < -0.4 is 15.0 Å². The van der Waals surface area contributed by atoms with Gasteiger partial charge in [-0.15, -0.1) is 0 Å². The first-order chi connectivity index (χ1) is 9.43. The molecule has 0 aliphatic carbocycles. The highest BCUT2D eigenvalue weighted by Crippen LogP contribution is 2.39. The monoisotopic (exact) mass is 276 g/mol. The summed E-state index contributed by atoms with van der Waals surface area (Å²) >= 11 is 0. The molecule has 0 spiro atoms. The third kappa shape index (κ3) is 3.06. The average Bonchev–Trinajstić information content (AvgIpc) is 2.54. The molecule has 4 heteroatoms. The van der Waals surface area contributed by atoms with E-state index in [9.17, 15) is 4.79 Å². The molecular formula is C16H24N2O2. The normalized spacial score (nSPS) is 15.4. The van der Waals surface area contributed by atoms with Crippen molar-refractivity contribution in [1.29, 1.82) is 0 Å². The Morgan fingerprint density at radius 3 is 2.75 bits per heavy atom. The molecule has 20 heavy (non-hydrogen) atoms. The van der Waals surface area contributed by atoms with Gasteiger partial charge in [-0.3, -0.25) is 4.79 Å². The van der Waals surface area contributed by atoms with Crippen LogP contribution >= 0.6 is 0 Å². The van der Waals surface area contributed by atoms with Crippen molar-refractivity contribution in [2.45, 2.75) is 46.1 Å². The second-order valence-corrected chi connectivity index (χ2v) is 6.12. The molecule has 0 bridgehead atoms. The highest BCUT2D eigenvalue weighted by Gasteiger charge is 2.29. The minimum absolute atomic E-state index is 0.0373. The molecule has 0 atom stereocenters. The van der Waals surface area contributed by atoms with E-state index in [1.807, 2.05) is 18.2 Å². The van der Waals surface area contributed by atoms with E-state index in [4.69, 9.17) is 4.74 Å². The lowest BCUT2D eigenvalue weighted by Crippen LogP contribution is -2.42. The van der Waals surface area contributed by atoms with E-state index in [0.29, 0.717) is 13.0 Å². The van der Waals surface area contributed by atoms with Gasteiger partial charge in [0.2, 0.25) is 5.91 Å². The first kappa shape index (κ1) is 14.7. The van der Waals surface area contributed by atoms with Gasteiger partial charge in [0.15, 0.2) is 0 Å². The summed E-state index contributed by atoms with van der Waals surface area (Å²) < 4.78 is 5.78. The summed E-state index contributed by atoms with van der Waals surface area (Å²) in [6.45, 7) is 9.92. The number of para-hydroxylation sites is 1. The quantitative estimate of drug-likeness (QED) is 0.919. The fraction of sp³-hybridized carbons (Fsp3) is 0.562. The van der Waals surface area contributed by atoms with Gasteiger partial charge in [0, 0.05) is 18.5 Å². The van der Waals surface area contributed by atoms with E-state index in [1.54, 1.807) is 0 Å². The van der Waals surface area contributed by atoms with E-state index in [0.717, 1.165) is 30.1 Å². The van der Waals surface area contributed by atoms with Gasteiger partial charge in [0.25, 0.3) is 0 Å². The number of fused-ring (bicyclic) bond motifs is 1. The lowest BCUT2D eigenvalue weighted by molar-refractivity contribution is -0.116. The van der Waals surface area contributed by atoms with Crippen LogP contribution in [0.5, 0.6) is 5.75 Å². The minimum atomic E-state index is -0.0373. The number of amides is 1. The van der Waals surface area contributed by atoms with Crippen molar-refractivity contribution < 1.29 is 9.53 Å². The number of ether oxygens (including phenoxy) is 1. The van der Waals surface area contributed by atoms with E-state index < -0.39 is 0 Å². The molecule has 0 radical (unpaired) electrons. The molecule has 0 saturated heterocycles. The lowest BCUT2D eigenvalue weighted by atomic mass is 10.0. The van der Waals surface area contributed by atoms with Crippen molar-refractivity contribution in [2.24, 2.45) is 0 Å². The Bertz CT molecular complexity index is 492. The van der Waals surface area contributed by atoms with E-state index in [-0.39, 0.29) is 11.4 Å². The van der Waals surface area contributed by atoms with Crippen LogP contribution in [0.1, 0.15) is 40.5 Å². The fourth-order valence-corrected chi connectivity index (χ4v) is 2.43. The number of carbonyl (C=O) groups excluding carboxylic acids is 1. The Morgan fingerprint density at radius 2 is 2.10 bits per heavy atom. The highest BCUT2D eigenvalue weighted by atomic mass is 16.5. The number of anilines is 2. The summed E-state index contributed by atoms with van der Waals surface area (Å²) in [6.07, 6.45) is 1.44. The number of nitrogens with one attached hydrogen (secondary N) is 1. The molecule has 0 fully saturated rings. The maximum atomic E-state index is 12.0. The van der Waals surface area contributed by atoms with Crippen LogP contribution in [-0.4, -0.2) is 24.6 Å². The molecule has 0 aromatic heterocycles. The van der Waals surface area contributed by atoms with Gasteiger partial charge < -0.3 is 15.0 Å². The predicted molar refractivity (Wildman–Crippen MR) is 82.6 cm³/mol. The number of hydrogen-bond donors (Lipinski definition) is 1. The van der Waals surface area contributed by atoms with Crippen molar-refractivity contribution in [3.63, 3.8) is 0 Å². The molecule has 0 unspecified atom stereocenters. The van der Waals surface area contributed by atoms with Gasteiger partial charge >= 0.3 is 0 Å². The van der Waals surface area contributed by atoms with E-state index >= 15 is 0 Å². The maximum Gasteiger partial charge on any atom is 0.226 e. The zero-order valence-electron chi connectivity index (χ0n) is 12.8. The van der Waals surface area contributed by atoms with Gasteiger partial charge in [0.05, 0.1) is 12.3 Å². The molecule has 1 N–H and O–H groups in total. The summed E-state index contributed by atoms with van der Waals surface area (Å²) in [4.78, 5) is 14.2. The van der Waals surface area contributed by atoms with E-state index in [1.165, 1.54) is 0 Å². The maximum absolute atomic E-state index is 12.0. The van der Waals surface area contributed by atoms with Gasteiger partial charge in [-0.2, -0.15) is 0 Å². The Labute approximate surface area is 121 Å². The molecule has 1 heterocycles. The number of hydrogen-bond acceptors (Lipinski definition) is 3. The average molecular weight is 276 g/mol. The molecular weight excluding hydrogens is 252 g/mol. The number of rotatable bonds is 3. The van der Waals surface area contributed by atoms with Gasteiger partial charge in [-0.25, -0.2) is 0 Å². The fourth-order valence-electron chi connectivity index (χ4n) is 2.43. The molecule has 4 nitrogen and oxygen atoms in total. The SMILES string of the molecule is CCCOc1cccc2c1NC(=O)CCN2C(C)(C)C. The summed E-state index contributed by atoms with van der Waals surface area (Å²) in [6, 6.07) is 5.95. The predicted octanol–water partition coefficient (Wildman–Crippen LogP) is 3.42. The summed E-state index contributed by atoms with van der Waals surface area (Å²) in [5.41, 5.74) is 1.81. The molecule has 1 aliphatic heterocycles. The minimum Gasteiger partial charge on any atom is -0.491 e. The molecule has 0 saturated carbocycles. The third-order valence-electron chi connectivity index (χ3n) is 3.39. The van der Waals surface area contributed by atoms with Crippen LogP contribution in [0, 0.1) is 0 Å². The van der Waals surface area contributed by atoms with Crippen LogP contribution in [0.3, 0.4) is 0 Å². The van der Waals surface area contributed by atoms with Gasteiger partial charge in [-0.05, 0) is 39.3 Å². The van der Waals surface area contributed by atoms with Crippen LogP contribution in [0.15, 0.2) is 18.2 Å². The van der Waals surface area contributed by atoms with Crippen LogP contribution in [0.2, 0.25) is 0 Å². The van der Waals surface area contributed by atoms with Crippen molar-refractivity contribution in [3.8, 4) is 5.75 Å². The second kappa shape index (κ2) is 5.73. The number of nitrogens with zero attached hydrogens (tertiary/aromatic N) is 1. The van der Waals surface area contributed by atoms with Gasteiger partial charge in [-0.1, -0.05) is 13.0 Å². The van der Waals surface area contributed by atoms with Crippen LogP contribution in [-0.2, 0) is 4.79 Å². The first-order valence-corrected chi connectivity index (χ1v) is 7.27. The first-order valence-electron chi connectivity index (χ1n) is 7.27. The second-order valence-electron chi connectivity index (χ2n) is 6.12. The smallest absolute Gasteiger partial charge is 0.226 e. The Kier molecular flexibility index (Phi) is 4.21. The summed E-state index contributed by atoms with van der Waals surface area (Å²) in [7, 11) is 0. The number of carbonyl (C=O) groups is 1. The summed E-state index contributed by atoms with van der Waals surface area (Å²) in [5, 5.41) is 3.00. The Morgan fingerprint density at radius 1 is 1.35 bits per heavy atom. The molecule has 1 aliphatic rings. The van der Waals surface area contributed by atoms with Crippen molar-refractivity contribution >= 4 is 17.3 Å². The molecule has 1 aromatic carbocycles. The van der Waals surface area contributed by atoms with Crippen LogP contribution in [0.4, 0.5) is 11.4 Å². The molecule has 1 amide bonds. The largest absolute Gasteiger partial charge is 0.491 e. The molecule has 2 rings (SSSR count). The number of benzene rings is 1. The van der Waals surface area contributed by atoms with Crippen molar-refractivity contribution in [3.05, 3.63) is 18.2 Å². The Hall–Kier alpha value is -1.71. The van der Waals surface area contributed by atoms with Crippen molar-refractivity contribution in [1.82, 2.24) is 0 Å². The van der Waals surface area contributed by atoms with Gasteiger partial charge in [0.1, 0.15) is 11.4 Å². The molecule has 110 valence electrons. The standard InChI is InChI=1S/C16H24N2O2/c1-5-11-20-13-8-6-7-12-15(13)17-14(19)9-10-18(12)16(2,3)4/h6-8H,5,9-11H2,1-4H3,(H,17,19). The highest BCUT2D eigenvalue weighted by molar-refractivity contribution is 5.98. The Balaban J connectivity index is 2.46. The van der Waals surface area contributed by atoms with Crippen molar-refractivity contribution in [2.75, 3.05) is 23.4 Å². The lowest BCUT2D eigenvalue weighted by Gasteiger charge is -2.37. The molecule has 1 aromatic rings. The third-order valence-corrected chi connectivity index (χ3v) is 3.39. The zero-order chi connectivity index (χ0) is 14.8. The van der Waals surface area contributed by atoms with E-state index in [2.05, 4.69) is 37.9 Å².